The quantitative estimate of drug-likeness (QED) is 0.809. The van der Waals surface area contributed by atoms with Crippen LogP contribution in [0.3, 0.4) is 0 Å². The Labute approximate surface area is 125 Å². The molecule has 0 aliphatic heterocycles. The van der Waals surface area contributed by atoms with Gasteiger partial charge in [-0.25, -0.2) is 10.2 Å². The van der Waals surface area contributed by atoms with Crippen molar-refractivity contribution in [2.75, 3.05) is 5.43 Å². The van der Waals surface area contributed by atoms with E-state index < -0.39 is 6.09 Å². The number of ether oxygens (including phenoxy) is 1. The molecular weight excluding hydrogens is 264 g/mol. The van der Waals surface area contributed by atoms with Crippen LogP contribution in [0.15, 0.2) is 54.6 Å². The molecule has 0 fully saturated rings. The van der Waals surface area contributed by atoms with Crippen LogP contribution in [0.1, 0.15) is 20.3 Å². The Hall–Kier alpha value is -2.49. The topological polar surface area (TPSA) is 50.4 Å². The maximum absolute atomic E-state index is 11.6. The molecule has 0 spiro atoms. The number of anilines is 1. The Morgan fingerprint density at radius 3 is 2.48 bits per heavy atom. The van der Waals surface area contributed by atoms with Crippen LogP contribution < -0.4 is 10.9 Å². The van der Waals surface area contributed by atoms with E-state index in [0.29, 0.717) is 0 Å². The molecule has 0 aliphatic carbocycles. The molecule has 0 radical (unpaired) electrons. The minimum Gasteiger partial charge on any atom is -0.445 e. The zero-order valence-corrected chi connectivity index (χ0v) is 12.3. The summed E-state index contributed by atoms with van der Waals surface area (Å²) in [5.74, 6) is 0. The SMILES string of the molecule is CCC(C)OC(=O)NNc1ccccc1-c1ccccc1. The van der Waals surface area contributed by atoms with E-state index in [0.717, 1.165) is 23.2 Å². The molecule has 110 valence electrons. The first-order chi connectivity index (χ1) is 10.2. The van der Waals surface area contributed by atoms with Crippen molar-refractivity contribution in [2.45, 2.75) is 26.4 Å². The number of hydrogen-bond donors (Lipinski definition) is 2. The van der Waals surface area contributed by atoms with Crippen LogP contribution in [0.2, 0.25) is 0 Å². The van der Waals surface area contributed by atoms with Gasteiger partial charge in [0.05, 0.1) is 5.69 Å². The fourth-order valence-electron chi connectivity index (χ4n) is 1.88. The second-order valence-electron chi connectivity index (χ2n) is 4.79. The third-order valence-electron chi connectivity index (χ3n) is 3.19. The monoisotopic (exact) mass is 284 g/mol. The molecule has 1 unspecified atom stereocenters. The molecule has 0 saturated carbocycles. The summed E-state index contributed by atoms with van der Waals surface area (Å²) in [6, 6.07) is 17.8. The number of rotatable bonds is 5. The predicted octanol–water partition coefficient (Wildman–Crippen LogP) is 4.21. The minimum absolute atomic E-state index is 0.101. The number of amides is 1. The van der Waals surface area contributed by atoms with Gasteiger partial charge in [-0.1, -0.05) is 55.5 Å². The molecule has 2 aromatic carbocycles. The van der Waals surface area contributed by atoms with Gasteiger partial charge in [-0.2, -0.15) is 0 Å². The number of carbonyl (C=O) groups excluding carboxylic acids is 1. The van der Waals surface area contributed by atoms with Gasteiger partial charge in [0.2, 0.25) is 0 Å². The van der Waals surface area contributed by atoms with Gasteiger partial charge in [0, 0.05) is 5.56 Å². The third kappa shape index (κ3) is 4.24. The number of carbonyl (C=O) groups is 1. The molecule has 2 rings (SSSR count). The van der Waals surface area contributed by atoms with Gasteiger partial charge in [0.25, 0.3) is 0 Å². The lowest BCUT2D eigenvalue weighted by Gasteiger charge is -2.15. The second-order valence-corrected chi connectivity index (χ2v) is 4.79. The van der Waals surface area contributed by atoms with Crippen molar-refractivity contribution in [1.82, 2.24) is 5.43 Å². The Balaban J connectivity index is 2.06. The van der Waals surface area contributed by atoms with Crippen LogP contribution >= 0.6 is 0 Å². The molecule has 21 heavy (non-hydrogen) atoms. The summed E-state index contributed by atoms with van der Waals surface area (Å²) in [6.07, 6.45) is 0.206. The van der Waals surface area contributed by atoms with Crippen molar-refractivity contribution < 1.29 is 9.53 Å². The molecule has 0 bridgehead atoms. The van der Waals surface area contributed by atoms with Crippen molar-refractivity contribution in [3.63, 3.8) is 0 Å². The summed E-state index contributed by atoms with van der Waals surface area (Å²) in [6.45, 7) is 3.83. The minimum atomic E-state index is -0.479. The van der Waals surface area contributed by atoms with Gasteiger partial charge in [0.1, 0.15) is 6.10 Å². The van der Waals surface area contributed by atoms with Crippen molar-refractivity contribution in [2.24, 2.45) is 0 Å². The van der Waals surface area contributed by atoms with Crippen LogP contribution in [-0.2, 0) is 4.74 Å². The van der Waals surface area contributed by atoms with Crippen LogP contribution in [0.5, 0.6) is 0 Å². The van der Waals surface area contributed by atoms with Gasteiger partial charge in [-0.05, 0) is 25.0 Å². The van der Waals surface area contributed by atoms with Crippen molar-refractivity contribution >= 4 is 11.8 Å². The van der Waals surface area contributed by atoms with E-state index in [9.17, 15) is 4.79 Å². The van der Waals surface area contributed by atoms with Crippen molar-refractivity contribution in [3.05, 3.63) is 54.6 Å². The molecule has 1 atom stereocenters. The molecule has 2 aromatic rings. The van der Waals surface area contributed by atoms with Crippen LogP contribution in [0.4, 0.5) is 10.5 Å². The molecular formula is C17H20N2O2. The molecule has 0 aliphatic rings. The normalized spacial score (nSPS) is 11.5. The fourth-order valence-corrected chi connectivity index (χ4v) is 1.88. The lowest BCUT2D eigenvalue weighted by molar-refractivity contribution is 0.107. The zero-order chi connectivity index (χ0) is 15.1. The summed E-state index contributed by atoms with van der Waals surface area (Å²) in [5.41, 5.74) is 8.40. The van der Waals surface area contributed by atoms with Crippen molar-refractivity contribution in [3.8, 4) is 11.1 Å². The Morgan fingerprint density at radius 2 is 1.76 bits per heavy atom. The third-order valence-corrected chi connectivity index (χ3v) is 3.19. The number of hydrogen-bond acceptors (Lipinski definition) is 3. The average Bonchev–Trinajstić information content (AvgIpc) is 2.54. The average molecular weight is 284 g/mol. The number of benzene rings is 2. The Morgan fingerprint density at radius 1 is 1.10 bits per heavy atom. The molecule has 0 saturated heterocycles. The highest BCUT2D eigenvalue weighted by atomic mass is 16.6. The molecule has 4 nitrogen and oxygen atoms in total. The number of nitrogens with one attached hydrogen (secondary N) is 2. The number of para-hydroxylation sites is 1. The van der Waals surface area contributed by atoms with E-state index in [-0.39, 0.29) is 6.10 Å². The first kappa shape index (κ1) is 14.9. The van der Waals surface area contributed by atoms with Crippen molar-refractivity contribution in [1.29, 1.82) is 0 Å². The van der Waals surface area contributed by atoms with Gasteiger partial charge in [0.15, 0.2) is 0 Å². The molecule has 4 heteroatoms. The standard InChI is InChI=1S/C17H20N2O2/c1-3-13(2)21-17(20)19-18-16-12-8-7-11-15(16)14-9-5-4-6-10-14/h4-13,18H,3H2,1-2H3,(H,19,20). The van der Waals surface area contributed by atoms with E-state index in [1.54, 1.807) is 0 Å². The first-order valence-corrected chi connectivity index (χ1v) is 7.07. The molecule has 0 heterocycles. The predicted molar refractivity (Wildman–Crippen MR) is 84.9 cm³/mol. The van der Waals surface area contributed by atoms with E-state index >= 15 is 0 Å². The Kier molecular flexibility index (Phi) is 5.21. The van der Waals surface area contributed by atoms with E-state index in [4.69, 9.17) is 4.74 Å². The zero-order valence-electron chi connectivity index (χ0n) is 12.3. The Bertz CT molecular complexity index is 584. The maximum Gasteiger partial charge on any atom is 0.426 e. The highest BCUT2D eigenvalue weighted by Gasteiger charge is 2.08. The van der Waals surface area contributed by atoms with E-state index in [1.807, 2.05) is 68.4 Å². The van der Waals surface area contributed by atoms with Gasteiger partial charge < -0.3 is 4.74 Å². The smallest absolute Gasteiger partial charge is 0.426 e. The lowest BCUT2D eigenvalue weighted by atomic mass is 10.0. The first-order valence-electron chi connectivity index (χ1n) is 7.07. The second kappa shape index (κ2) is 7.33. The summed E-state index contributed by atoms with van der Waals surface area (Å²) in [7, 11) is 0. The summed E-state index contributed by atoms with van der Waals surface area (Å²) >= 11 is 0. The number of hydrazine groups is 1. The van der Waals surface area contributed by atoms with Crippen LogP contribution in [-0.4, -0.2) is 12.2 Å². The summed E-state index contributed by atoms with van der Waals surface area (Å²) < 4.78 is 5.15. The summed E-state index contributed by atoms with van der Waals surface area (Å²) in [5, 5.41) is 0. The molecule has 1 amide bonds. The fraction of sp³-hybridized carbons (Fsp3) is 0.235. The molecule has 2 N–H and O–H groups in total. The van der Waals surface area contributed by atoms with Gasteiger partial charge in [-0.15, -0.1) is 0 Å². The highest BCUT2D eigenvalue weighted by Crippen LogP contribution is 2.26. The lowest BCUT2D eigenvalue weighted by Crippen LogP contribution is -2.32. The van der Waals surface area contributed by atoms with Crippen LogP contribution in [0.25, 0.3) is 11.1 Å². The summed E-state index contributed by atoms with van der Waals surface area (Å²) in [4.78, 5) is 11.6. The van der Waals surface area contributed by atoms with E-state index in [2.05, 4.69) is 10.9 Å². The molecule has 0 aromatic heterocycles. The van der Waals surface area contributed by atoms with Crippen LogP contribution in [0, 0.1) is 0 Å². The van der Waals surface area contributed by atoms with E-state index in [1.165, 1.54) is 0 Å². The van der Waals surface area contributed by atoms with Gasteiger partial charge in [-0.3, -0.25) is 5.43 Å². The highest BCUT2D eigenvalue weighted by molar-refractivity contribution is 5.79. The largest absolute Gasteiger partial charge is 0.445 e. The maximum atomic E-state index is 11.6. The van der Waals surface area contributed by atoms with Gasteiger partial charge >= 0.3 is 6.09 Å².